The molecule has 1 aliphatic carbocycles. The van der Waals surface area contributed by atoms with Gasteiger partial charge in [-0.2, -0.15) is 5.01 Å². The first-order valence-corrected chi connectivity index (χ1v) is 11.7. The highest BCUT2D eigenvalue weighted by Crippen LogP contribution is 2.33. The highest BCUT2D eigenvalue weighted by atomic mass is 32.1. The number of hydrazine groups is 1. The van der Waals surface area contributed by atoms with Crippen LogP contribution in [0.25, 0.3) is 0 Å². The number of hydrogen-bond acceptors (Lipinski definition) is 5. The average molecular weight is 441 g/mol. The maximum atomic E-state index is 12.8. The van der Waals surface area contributed by atoms with Crippen molar-refractivity contribution < 1.29 is 14.4 Å². The molecule has 8 heteroatoms. The number of nitrogens with one attached hydrogen (secondary N) is 3. The van der Waals surface area contributed by atoms with E-state index >= 15 is 0 Å². The van der Waals surface area contributed by atoms with Gasteiger partial charge >= 0.3 is 6.03 Å². The number of thiophene rings is 1. The minimum absolute atomic E-state index is 0.0256. The summed E-state index contributed by atoms with van der Waals surface area (Å²) in [6.07, 6.45) is 5.06. The van der Waals surface area contributed by atoms with Crippen molar-refractivity contribution in [3.8, 4) is 0 Å². The van der Waals surface area contributed by atoms with Crippen molar-refractivity contribution in [2.75, 3.05) is 6.54 Å². The molecule has 2 heterocycles. The second-order valence-electron chi connectivity index (χ2n) is 8.17. The SMILES string of the molecule is CCc1ccc(C(NCC(=O)NN2C(=O)NC3(CCCCC3)C2=O)c2cccs2)cc1. The first-order chi connectivity index (χ1) is 15.0. The Balaban J connectivity index is 1.41. The second-order valence-corrected chi connectivity index (χ2v) is 9.15. The summed E-state index contributed by atoms with van der Waals surface area (Å²) in [6, 6.07) is 11.6. The zero-order valence-electron chi connectivity index (χ0n) is 17.6. The predicted octanol–water partition coefficient (Wildman–Crippen LogP) is 3.28. The van der Waals surface area contributed by atoms with Crippen LogP contribution in [-0.4, -0.2) is 34.9 Å². The van der Waals surface area contributed by atoms with Crippen molar-refractivity contribution in [3.63, 3.8) is 0 Å². The van der Waals surface area contributed by atoms with Gasteiger partial charge in [0.2, 0.25) is 0 Å². The van der Waals surface area contributed by atoms with Gasteiger partial charge in [0.05, 0.1) is 12.6 Å². The lowest BCUT2D eigenvalue weighted by Crippen LogP contribution is -2.52. The fourth-order valence-electron chi connectivity index (χ4n) is 4.36. The third kappa shape index (κ3) is 4.50. The summed E-state index contributed by atoms with van der Waals surface area (Å²) in [5.74, 6) is -0.779. The van der Waals surface area contributed by atoms with Crippen molar-refractivity contribution in [1.29, 1.82) is 0 Å². The second kappa shape index (κ2) is 9.20. The lowest BCUT2D eigenvalue weighted by atomic mass is 9.82. The number of urea groups is 1. The Morgan fingerprint density at radius 3 is 2.55 bits per heavy atom. The number of imide groups is 1. The van der Waals surface area contributed by atoms with E-state index in [2.05, 4.69) is 47.2 Å². The van der Waals surface area contributed by atoms with Gasteiger partial charge < -0.3 is 5.32 Å². The molecule has 7 nitrogen and oxygen atoms in total. The molecule has 1 atom stereocenters. The van der Waals surface area contributed by atoms with E-state index < -0.39 is 17.5 Å². The molecular formula is C23H28N4O3S. The number of benzene rings is 1. The monoisotopic (exact) mass is 440 g/mol. The molecule has 2 aromatic rings. The summed E-state index contributed by atoms with van der Waals surface area (Å²) in [4.78, 5) is 38.9. The molecule has 3 N–H and O–H groups in total. The highest BCUT2D eigenvalue weighted by Gasteiger charge is 2.52. The van der Waals surface area contributed by atoms with Gasteiger partial charge in [0.1, 0.15) is 5.54 Å². The fraction of sp³-hybridized carbons (Fsp3) is 0.435. The topological polar surface area (TPSA) is 90.5 Å². The van der Waals surface area contributed by atoms with E-state index in [0.29, 0.717) is 12.8 Å². The Bertz CT molecular complexity index is 936. The van der Waals surface area contributed by atoms with Crippen LogP contribution in [0, 0.1) is 0 Å². The summed E-state index contributed by atoms with van der Waals surface area (Å²) in [5.41, 5.74) is 3.95. The van der Waals surface area contributed by atoms with Gasteiger partial charge in [0.25, 0.3) is 11.8 Å². The van der Waals surface area contributed by atoms with Gasteiger partial charge in [-0.15, -0.1) is 11.3 Å². The molecule has 1 aromatic heterocycles. The molecule has 1 spiro atoms. The number of aryl methyl sites for hydroxylation is 1. The maximum absolute atomic E-state index is 12.8. The Morgan fingerprint density at radius 2 is 1.90 bits per heavy atom. The zero-order chi connectivity index (χ0) is 21.8. The van der Waals surface area contributed by atoms with Crippen LogP contribution in [-0.2, 0) is 16.0 Å². The van der Waals surface area contributed by atoms with E-state index in [1.165, 1.54) is 5.56 Å². The van der Waals surface area contributed by atoms with Gasteiger partial charge in [0.15, 0.2) is 0 Å². The molecule has 164 valence electrons. The molecule has 1 unspecified atom stereocenters. The average Bonchev–Trinajstić information content (AvgIpc) is 3.39. The number of carbonyl (C=O) groups is 3. The summed E-state index contributed by atoms with van der Waals surface area (Å²) < 4.78 is 0. The van der Waals surface area contributed by atoms with Crippen molar-refractivity contribution in [1.82, 2.24) is 21.1 Å². The number of amides is 4. The summed E-state index contributed by atoms with van der Waals surface area (Å²) in [7, 11) is 0. The molecule has 4 amide bonds. The Morgan fingerprint density at radius 1 is 1.16 bits per heavy atom. The molecule has 0 radical (unpaired) electrons. The lowest BCUT2D eigenvalue weighted by Gasteiger charge is -2.30. The highest BCUT2D eigenvalue weighted by molar-refractivity contribution is 7.10. The van der Waals surface area contributed by atoms with Crippen LogP contribution in [0.15, 0.2) is 41.8 Å². The van der Waals surface area contributed by atoms with E-state index in [0.717, 1.165) is 41.1 Å². The third-order valence-electron chi connectivity index (χ3n) is 6.12. The van der Waals surface area contributed by atoms with Crippen LogP contribution in [0.3, 0.4) is 0 Å². The summed E-state index contributed by atoms with van der Waals surface area (Å²) in [5, 5.41) is 8.94. The van der Waals surface area contributed by atoms with Crippen molar-refractivity contribution in [2.45, 2.75) is 57.0 Å². The molecule has 0 bridgehead atoms. The largest absolute Gasteiger partial charge is 0.344 e. The molecule has 4 rings (SSSR count). The van der Waals surface area contributed by atoms with Gasteiger partial charge in [-0.3, -0.25) is 20.3 Å². The van der Waals surface area contributed by atoms with Crippen molar-refractivity contribution in [2.24, 2.45) is 0 Å². The van der Waals surface area contributed by atoms with E-state index in [-0.39, 0.29) is 18.5 Å². The van der Waals surface area contributed by atoms with Crippen LogP contribution < -0.4 is 16.1 Å². The summed E-state index contributed by atoms with van der Waals surface area (Å²) in [6.45, 7) is 2.09. The van der Waals surface area contributed by atoms with Gasteiger partial charge in [-0.25, -0.2) is 4.79 Å². The van der Waals surface area contributed by atoms with Crippen molar-refractivity contribution in [3.05, 3.63) is 57.8 Å². The quantitative estimate of drug-likeness (QED) is 0.577. The number of rotatable bonds is 7. The Labute approximate surface area is 186 Å². The van der Waals surface area contributed by atoms with E-state index in [1.54, 1.807) is 11.3 Å². The number of hydrogen-bond donors (Lipinski definition) is 3. The molecular weight excluding hydrogens is 412 g/mol. The molecule has 1 saturated carbocycles. The molecule has 1 saturated heterocycles. The summed E-state index contributed by atoms with van der Waals surface area (Å²) >= 11 is 1.61. The number of nitrogens with zero attached hydrogens (tertiary/aromatic N) is 1. The van der Waals surface area contributed by atoms with Gasteiger partial charge in [0, 0.05) is 4.88 Å². The standard InChI is InChI=1S/C23H28N4O3S/c1-2-16-8-10-17(11-9-16)20(18-7-6-14-31-18)24-15-19(28)26-27-21(29)23(25-22(27)30)12-4-3-5-13-23/h6-11,14,20,24H,2-5,12-13,15H2,1H3,(H,25,30)(H,26,28). The Hall–Kier alpha value is -2.71. The van der Waals surface area contributed by atoms with Crippen LogP contribution in [0.4, 0.5) is 4.79 Å². The van der Waals surface area contributed by atoms with Crippen LogP contribution in [0.1, 0.15) is 61.1 Å². The number of carbonyl (C=O) groups excluding carboxylic acids is 3. The molecule has 1 aromatic carbocycles. The predicted molar refractivity (Wildman–Crippen MR) is 119 cm³/mol. The Kier molecular flexibility index (Phi) is 6.38. The van der Waals surface area contributed by atoms with Crippen LogP contribution in [0.5, 0.6) is 0 Å². The molecule has 2 fully saturated rings. The molecule has 2 aliphatic rings. The van der Waals surface area contributed by atoms with Gasteiger partial charge in [-0.1, -0.05) is 56.5 Å². The fourth-order valence-corrected chi connectivity index (χ4v) is 5.19. The van der Waals surface area contributed by atoms with E-state index in [4.69, 9.17) is 0 Å². The first-order valence-electron chi connectivity index (χ1n) is 10.8. The zero-order valence-corrected chi connectivity index (χ0v) is 18.5. The smallest absolute Gasteiger partial charge is 0.322 e. The molecule has 1 aliphatic heterocycles. The van der Waals surface area contributed by atoms with E-state index in [9.17, 15) is 14.4 Å². The minimum atomic E-state index is -0.851. The van der Waals surface area contributed by atoms with E-state index in [1.807, 2.05) is 17.5 Å². The van der Waals surface area contributed by atoms with Crippen molar-refractivity contribution >= 4 is 29.2 Å². The van der Waals surface area contributed by atoms with Gasteiger partial charge in [-0.05, 0) is 41.8 Å². The third-order valence-corrected chi connectivity index (χ3v) is 7.06. The minimum Gasteiger partial charge on any atom is -0.322 e. The molecule has 31 heavy (non-hydrogen) atoms. The van der Waals surface area contributed by atoms with Crippen LogP contribution >= 0.6 is 11.3 Å². The normalized spacial score (nSPS) is 18.8. The maximum Gasteiger partial charge on any atom is 0.344 e. The van der Waals surface area contributed by atoms with Crippen LogP contribution in [0.2, 0.25) is 0 Å². The first kappa shape index (κ1) is 21.5. The lowest BCUT2D eigenvalue weighted by molar-refractivity contribution is -0.139.